The van der Waals surface area contributed by atoms with Crippen molar-refractivity contribution in [3.63, 3.8) is 0 Å². The Morgan fingerprint density at radius 2 is 1.93 bits per heavy atom. The number of nitrogens with zero attached hydrogens (tertiary/aromatic N) is 2. The van der Waals surface area contributed by atoms with E-state index in [0.29, 0.717) is 11.3 Å². The fraction of sp³-hybridized carbons (Fsp3) is 0.105. The van der Waals surface area contributed by atoms with Gasteiger partial charge in [0.15, 0.2) is 6.61 Å². The molecule has 7 nitrogen and oxygen atoms in total. The first-order chi connectivity index (χ1) is 13.0. The molecule has 2 amide bonds. The number of rotatable bonds is 5. The SMILES string of the molecule is Cc1cccc(OCC(=O)NNC(=O)c2cnn(-c3ccc(Br)cc3)c2)c1. The second-order valence-electron chi connectivity index (χ2n) is 5.76. The van der Waals surface area contributed by atoms with Crippen LogP contribution in [0.1, 0.15) is 15.9 Å². The molecule has 0 fully saturated rings. The summed E-state index contributed by atoms with van der Waals surface area (Å²) in [6, 6.07) is 14.8. The Bertz CT molecular complexity index is 954. The first-order valence-electron chi connectivity index (χ1n) is 8.10. The number of carbonyl (C=O) groups excluding carboxylic acids is 2. The van der Waals surface area contributed by atoms with Gasteiger partial charge in [-0.15, -0.1) is 0 Å². The molecule has 1 heterocycles. The average molecular weight is 429 g/mol. The molecule has 0 aliphatic rings. The number of hydrogen-bond donors (Lipinski definition) is 2. The molecule has 138 valence electrons. The highest BCUT2D eigenvalue weighted by molar-refractivity contribution is 9.10. The summed E-state index contributed by atoms with van der Waals surface area (Å²) in [6.07, 6.45) is 3.00. The molecule has 0 unspecified atom stereocenters. The molecular formula is C19H17BrN4O3. The van der Waals surface area contributed by atoms with Gasteiger partial charge in [0.05, 0.1) is 17.4 Å². The quantitative estimate of drug-likeness (QED) is 0.611. The largest absolute Gasteiger partial charge is 0.484 e. The van der Waals surface area contributed by atoms with Crippen LogP contribution in [0.15, 0.2) is 65.4 Å². The predicted octanol–water partition coefficient (Wildman–Crippen LogP) is 2.78. The molecule has 3 aromatic rings. The number of aromatic nitrogens is 2. The van der Waals surface area contributed by atoms with Crippen molar-refractivity contribution in [2.75, 3.05) is 6.61 Å². The normalized spacial score (nSPS) is 10.3. The molecule has 27 heavy (non-hydrogen) atoms. The van der Waals surface area contributed by atoms with E-state index >= 15 is 0 Å². The average Bonchev–Trinajstić information content (AvgIpc) is 3.15. The van der Waals surface area contributed by atoms with Gasteiger partial charge in [-0.05, 0) is 48.9 Å². The van der Waals surface area contributed by atoms with Crippen molar-refractivity contribution in [1.29, 1.82) is 0 Å². The van der Waals surface area contributed by atoms with Gasteiger partial charge in [0.2, 0.25) is 0 Å². The lowest BCUT2D eigenvalue weighted by molar-refractivity contribution is -0.123. The Kier molecular flexibility index (Phi) is 5.87. The summed E-state index contributed by atoms with van der Waals surface area (Å²) in [5.41, 5.74) is 6.82. The second kappa shape index (κ2) is 8.50. The minimum atomic E-state index is -0.470. The summed E-state index contributed by atoms with van der Waals surface area (Å²) in [6.45, 7) is 1.73. The number of benzene rings is 2. The topological polar surface area (TPSA) is 85.2 Å². The van der Waals surface area contributed by atoms with E-state index < -0.39 is 11.8 Å². The number of hydrogen-bond acceptors (Lipinski definition) is 4. The molecule has 0 aliphatic carbocycles. The maximum Gasteiger partial charge on any atom is 0.276 e. The molecule has 1 aromatic heterocycles. The van der Waals surface area contributed by atoms with Gasteiger partial charge in [-0.1, -0.05) is 28.1 Å². The van der Waals surface area contributed by atoms with E-state index in [1.807, 2.05) is 49.4 Å². The molecule has 0 spiro atoms. The maximum absolute atomic E-state index is 12.1. The monoisotopic (exact) mass is 428 g/mol. The molecule has 0 saturated heterocycles. The Balaban J connectivity index is 1.50. The van der Waals surface area contributed by atoms with Crippen molar-refractivity contribution in [2.24, 2.45) is 0 Å². The van der Waals surface area contributed by atoms with Crippen LogP contribution in [-0.2, 0) is 4.79 Å². The van der Waals surface area contributed by atoms with Crippen LogP contribution in [0, 0.1) is 6.92 Å². The lowest BCUT2D eigenvalue weighted by Gasteiger charge is -2.08. The molecule has 0 radical (unpaired) electrons. The fourth-order valence-corrected chi connectivity index (χ4v) is 2.53. The summed E-state index contributed by atoms with van der Waals surface area (Å²) in [5.74, 6) is -0.348. The third-order valence-corrected chi connectivity index (χ3v) is 4.14. The second-order valence-corrected chi connectivity index (χ2v) is 6.67. The van der Waals surface area contributed by atoms with Crippen LogP contribution in [0.4, 0.5) is 0 Å². The van der Waals surface area contributed by atoms with Crippen LogP contribution in [0.2, 0.25) is 0 Å². The molecule has 0 bridgehead atoms. The molecule has 0 aliphatic heterocycles. The highest BCUT2D eigenvalue weighted by atomic mass is 79.9. The zero-order valence-corrected chi connectivity index (χ0v) is 16.1. The van der Waals surface area contributed by atoms with E-state index in [2.05, 4.69) is 31.9 Å². The van der Waals surface area contributed by atoms with Gasteiger partial charge in [0, 0.05) is 10.7 Å². The van der Waals surface area contributed by atoms with E-state index in [-0.39, 0.29) is 6.61 Å². The van der Waals surface area contributed by atoms with E-state index in [4.69, 9.17) is 4.74 Å². The van der Waals surface area contributed by atoms with Crippen LogP contribution in [0.5, 0.6) is 5.75 Å². The minimum Gasteiger partial charge on any atom is -0.484 e. The van der Waals surface area contributed by atoms with Gasteiger partial charge in [-0.3, -0.25) is 20.4 Å². The molecule has 2 aromatic carbocycles. The minimum absolute atomic E-state index is 0.206. The van der Waals surface area contributed by atoms with Gasteiger partial charge in [0.1, 0.15) is 5.75 Å². The molecular weight excluding hydrogens is 412 g/mol. The van der Waals surface area contributed by atoms with E-state index in [1.54, 1.807) is 16.9 Å². The smallest absolute Gasteiger partial charge is 0.276 e. The summed E-state index contributed by atoms with van der Waals surface area (Å²) >= 11 is 3.37. The summed E-state index contributed by atoms with van der Waals surface area (Å²) < 4.78 is 7.90. The van der Waals surface area contributed by atoms with Crippen molar-refractivity contribution in [3.8, 4) is 11.4 Å². The Labute approximate surface area is 164 Å². The predicted molar refractivity (Wildman–Crippen MR) is 104 cm³/mol. The van der Waals surface area contributed by atoms with Crippen LogP contribution in [-0.4, -0.2) is 28.2 Å². The van der Waals surface area contributed by atoms with Crippen molar-refractivity contribution >= 4 is 27.7 Å². The molecule has 8 heteroatoms. The third-order valence-electron chi connectivity index (χ3n) is 3.61. The Morgan fingerprint density at radius 1 is 1.15 bits per heavy atom. The molecule has 2 N–H and O–H groups in total. The van der Waals surface area contributed by atoms with Gasteiger partial charge in [-0.25, -0.2) is 4.68 Å². The Hall–Kier alpha value is -3.13. The first-order valence-corrected chi connectivity index (χ1v) is 8.90. The number of halogens is 1. The first kappa shape index (κ1) is 18.7. The zero-order valence-electron chi connectivity index (χ0n) is 14.5. The summed E-state index contributed by atoms with van der Waals surface area (Å²) in [5, 5.41) is 4.15. The number of hydrazine groups is 1. The van der Waals surface area contributed by atoms with E-state index in [9.17, 15) is 9.59 Å². The molecule has 0 atom stereocenters. The standard InChI is InChI=1S/C19H17BrN4O3/c1-13-3-2-4-17(9-13)27-12-18(25)22-23-19(26)14-10-21-24(11-14)16-7-5-15(20)6-8-16/h2-11H,12H2,1H3,(H,22,25)(H,23,26). The summed E-state index contributed by atoms with van der Waals surface area (Å²) in [7, 11) is 0. The van der Waals surface area contributed by atoms with Gasteiger partial charge in [0.25, 0.3) is 11.8 Å². The third kappa shape index (κ3) is 5.18. The highest BCUT2D eigenvalue weighted by Crippen LogP contribution is 2.14. The van der Waals surface area contributed by atoms with Crippen LogP contribution >= 0.6 is 15.9 Å². The number of ether oxygens (including phenoxy) is 1. The number of nitrogens with one attached hydrogen (secondary N) is 2. The Morgan fingerprint density at radius 3 is 2.67 bits per heavy atom. The number of carbonyl (C=O) groups is 2. The zero-order chi connectivity index (χ0) is 19.2. The van der Waals surface area contributed by atoms with Crippen molar-refractivity contribution in [2.45, 2.75) is 6.92 Å². The van der Waals surface area contributed by atoms with Crippen molar-refractivity contribution < 1.29 is 14.3 Å². The van der Waals surface area contributed by atoms with Crippen LogP contribution < -0.4 is 15.6 Å². The van der Waals surface area contributed by atoms with Crippen LogP contribution in [0.25, 0.3) is 5.69 Å². The summed E-state index contributed by atoms with van der Waals surface area (Å²) in [4.78, 5) is 24.0. The molecule has 0 saturated carbocycles. The van der Waals surface area contributed by atoms with Crippen LogP contribution in [0.3, 0.4) is 0 Å². The van der Waals surface area contributed by atoms with Gasteiger partial charge < -0.3 is 4.74 Å². The lowest BCUT2D eigenvalue weighted by atomic mass is 10.2. The maximum atomic E-state index is 12.1. The highest BCUT2D eigenvalue weighted by Gasteiger charge is 2.11. The molecule has 3 rings (SSSR count). The van der Waals surface area contributed by atoms with Crippen molar-refractivity contribution in [1.82, 2.24) is 20.6 Å². The van der Waals surface area contributed by atoms with Gasteiger partial charge in [-0.2, -0.15) is 5.10 Å². The van der Waals surface area contributed by atoms with Crippen molar-refractivity contribution in [3.05, 3.63) is 76.5 Å². The number of aryl methyl sites for hydroxylation is 1. The fourth-order valence-electron chi connectivity index (χ4n) is 2.26. The number of amides is 2. The van der Waals surface area contributed by atoms with Gasteiger partial charge >= 0.3 is 0 Å². The lowest BCUT2D eigenvalue weighted by Crippen LogP contribution is -2.43. The van der Waals surface area contributed by atoms with E-state index in [0.717, 1.165) is 15.7 Å². The van der Waals surface area contributed by atoms with E-state index in [1.165, 1.54) is 6.20 Å².